The summed E-state index contributed by atoms with van der Waals surface area (Å²) in [6, 6.07) is 6.68. The average Bonchev–Trinajstić information content (AvgIpc) is 3.23. The zero-order valence-corrected chi connectivity index (χ0v) is 19.0. The van der Waals surface area contributed by atoms with Crippen LogP contribution < -0.4 is 0 Å². The molecule has 6 atom stereocenters. The van der Waals surface area contributed by atoms with E-state index in [2.05, 4.69) is 20.8 Å². The Bertz CT molecular complexity index is 1060. The van der Waals surface area contributed by atoms with E-state index in [1.165, 1.54) is 48.3 Å². The van der Waals surface area contributed by atoms with Crippen molar-refractivity contribution in [1.82, 2.24) is 9.78 Å². The van der Waals surface area contributed by atoms with Gasteiger partial charge in [0.15, 0.2) is 0 Å². The van der Waals surface area contributed by atoms with E-state index in [4.69, 9.17) is 5.10 Å². The zero-order chi connectivity index (χ0) is 21.5. The Kier molecular flexibility index (Phi) is 4.14. The molecule has 0 unspecified atom stereocenters. The van der Waals surface area contributed by atoms with Gasteiger partial charge in [-0.25, -0.2) is 9.07 Å². The summed E-state index contributed by atoms with van der Waals surface area (Å²) >= 11 is 0. The third kappa shape index (κ3) is 2.63. The highest BCUT2D eigenvalue weighted by Crippen LogP contribution is 2.64. The second kappa shape index (κ2) is 6.52. The number of carbonyl (C=O) groups excluding carboxylic acids is 1. The van der Waals surface area contributed by atoms with Crippen molar-refractivity contribution < 1.29 is 9.18 Å². The fourth-order valence-electron chi connectivity index (χ4n) is 8.35. The maximum absolute atomic E-state index is 13.4. The smallest absolute Gasteiger partial charge is 0.139 e. The summed E-state index contributed by atoms with van der Waals surface area (Å²) in [7, 11) is 0. The SMILES string of the molecule is Cc1c2c(nn1-c1ccc(F)cc1)C[C@@H]1CC[C@@H]3[C@H](CC[C@]4(C)C(=O)CC[C@@H]34)[C@@]1(C)C2. The molecule has 0 spiro atoms. The van der Waals surface area contributed by atoms with Gasteiger partial charge < -0.3 is 0 Å². The monoisotopic (exact) mass is 420 g/mol. The number of Topliss-reactive ketones (excluding diaryl/α,β-unsaturated/α-hetero) is 1. The van der Waals surface area contributed by atoms with E-state index in [9.17, 15) is 9.18 Å². The first-order chi connectivity index (χ1) is 14.8. The normalized spacial score (nSPS) is 38.9. The van der Waals surface area contributed by atoms with E-state index in [0.29, 0.717) is 29.0 Å². The molecule has 31 heavy (non-hydrogen) atoms. The van der Waals surface area contributed by atoms with Gasteiger partial charge in [-0.05, 0) is 111 Å². The number of aromatic nitrogens is 2. The average molecular weight is 421 g/mol. The first-order valence-electron chi connectivity index (χ1n) is 12.2. The van der Waals surface area contributed by atoms with Gasteiger partial charge in [0.1, 0.15) is 11.6 Å². The van der Waals surface area contributed by atoms with E-state index < -0.39 is 0 Å². The summed E-state index contributed by atoms with van der Waals surface area (Å²) in [4.78, 5) is 12.7. The van der Waals surface area contributed by atoms with E-state index in [1.54, 1.807) is 0 Å². The van der Waals surface area contributed by atoms with Crippen LogP contribution in [0.3, 0.4) is 0 Å². The first-order valence-corrected chi connectivity index (χ1v) is 12.2. The van der Waals surface area contributed by atoms with Crippen molar-refractivity contribution in [1.29, 1.82) is 0 Å². The molecule has 0 N–H and O–H groups in total. The molecule has 0 aliphatic heterocycles. The quantitative estimate of drug-likeness (QED) is 0.580. The van der Waals surface area contributed by atoms with Crippen LogP contribution in [0.2, 0.25) is 0 Å². The molecule has 6 rings (SSSR count). The lowest BCUT2D eigenvalue weighted by Gasteiger charge is -2.59. The molecule has 0 amide bonds. The molecule has 2 aromatic rings. The number of hydrogen-bond donors (Lipinski definition) is 0. The molecule has 3 fully saturated rings. The summed E-state index contributed by atoms with van der Waals surface area (Å²) < 4.78 is 15.5. The highest BCUT2D eigenvalue weighted by Gasteiger charge is 2.60. The van der Waals surface area contributed by atoms with Gasteiger partial charge in [-0.3, -0.25) is 4.79 Å². The molecule has 3 saturated carbocycles. The molecule has 4 aliphatic carbocycles. The number of benzene rings is 1. The number of carbonyl (C=O) groups is 1. The Morgan fingerprint density at radius 1 is 1.06 bits per heavy atom. The fourth-order valence-corrected chi connectivity index (χ4v) is 8.35. The Labute approximate surface area is 184 Å². The lowest BCUT2D eigenvalue weighted by atomic mass is 9.45. The molecule has 164 valence electrons. The first kappa shape index (κ1) is 19.7. The number of ketones is 1. The third-order valence-corrected chi connectivity index (χ3v) is 10.2. The maximum Gasteiger partial charge on any atom is 0.139 e. The summed E-state index contributed by atoms with van der Waals surface area (Å²) in [5.41, 5.74) is 5.06. The summed E-state index contributed by atoms with van der Waals surface area (Å²) in [6.07, 6.45) is 8.91. The van der Waals surface area contributed by atoms with Gasteiger partial charge in [-0.1, -0.05) is 13.8 Å². The number of halogens is 1. The number of hydrogen-bond acceptors (Lipinski definition) is 2. The van der Waals surface area contributed by atoms with E-state index in [1.807, 2.05) is 16.8 Å². The van der Waals surface area contributed by atoms with Crippen LogP contribution in [0.4, 0.5) is 4.39 Å². The van der Waals surface area contributed by atoms with Crippen LogP contribution in [0.15, 0.2) is 24.3 Å². The lowest BCUT2D eigenvalue weighted by molar-refractivity contribution is -0.136. The second-order valence-electron chi connectivity index (χ2n) is 11.4. The van der Waals surface area contributed by atoms with Crippen molar-refractivity contribution in [3.63, 3.8) is 0 Å². The van der Waals surface area contributed by atoms with Crippen molar-refractivity contribution >= 4 is 5.78 Å². The van der Waals surface area contributed by atoms with Crippen LogP contribution in [0.5, 0.6) is 0 Å². The van der Waals surface area contributed by atoms with Gasteiger partial charge in [0, 0.05) is 17.5 Å². The Balaban J connectivity index is 1.36. The number of fused-ring (bicyclic) bond motifs is 6. The minimum absolute atomic E-state index is 0.0480. The van der Waals surface area contributed by atoms with Gasteiger partial charge in [0.25, 0.3) is 0 Å². The van der Waals surface area contributed by atoms with Gasteiger partial charge in [-0.15, -0.1) is 0 Å². The van der Waals surface area contributed by atoms with Gasteiger partial charge in [0.05, 0.1) is 11.4 Å². The molecule has 0 saturated heterocycles. The second-order valence-corrected chi connectivity index (χ2v) is 11.4. The molecule has 1 aromatic heterocycles. The van der Waals surface area contributed by atoms with Crippen molar-refractivity contribution in [2.45, 2.75) is 72.1 Å². The standard InChI is InChI=1S/C27H33FN2O/c1-16-21-15-27(3)17(14-24(21)29-30(16)19-7-5-18(28)6-8-19)4-9-20-22-10-11-25(31)26(22,2)13-12-23(20)27/h5-8,17,20,22-23H,4,9-15H2,1-3H3/t17-,20-,22-,23-,26-,27-/m0/s1. The predicted molar refractivity (Wildman–Crippen MR) is 119 cm³/mol. The Morgan fingerprint density at radius 3 is 2.61 bits per heavy atom. The molecule has 0 radical (unpaired) electrons. The number of rotatable bonds is 1. The molecule has 4 aliphatic rings. The highest BCUT2D eigenvalue weighted by molar-refractivity contribution is 5.87. The number of nitrogens with zero attached hydrogens (tertiary/aromatic N) is 2. The lowest BCUT2D eigenvalue weighted by Crippen LogP contribution is -2.54. The van der Waals surface area contributed by atoms with Crippen LogP contribution in [-0.2, 0) is 17.6 Å². The minimum atomic E-state index is -0.211. The van der Waals surface area contributed by atoms with E-state index in [-0.39, 0.29) is 11.2 Å². The Morgan fingerprint density at radius 2 is 1.84 bits per heavy atom. The molecular weight excluding hydrogens is 387 g/mol. The van der Waals surface area contributed by atoms with Gasteiger partial charge in [-0.2, -0.15) is 5.10 Å². The molecule has 1 aromatic carbocycles. The largest absolute Gasteiger partial charge is 0.299 e. The topological polar surface area (TPSA) is 34.9 Å². The molecule has 0 bridgehead atoms. The van der Waals surface area contributed by atoms with Crippen molar-refractivity contribution in [3.8, 4) is 5.69 Å². The summed E-state index contributed by atoms with van der Waals surface area (Å²) in [5, 5.41) is 5.00. The third-order valence-electron chi connectivity index (χ3n) is 10.2. The Hall–Kier alpha value is -1.97. The van der Waals surface area contributed by atoms with Crippen LogP contribution in [0.1, 0.15) is 69.3 Å². The summed E-state index contributed by atoms with van der Waals surface area (Å²) in [5.74, 6) is 3.03. The molecule has 1 heterocycles. The molecule has 3 nitrogen and oxygen atoms in total. The minimum Gasteiger partial charge on any atom is -0.299 e. The molecule has 4 heteroatoms. The van der Waals surface area contributed by atoms with Crippen LogP contribution in [-0.4, -0.2) is 15.6 Å². The van der Waals surface area contributed by atoms with Gasteiger partial charge in [0.2, 0.25) is 0 Å². The fraction of sp³-hybridized carbons (Fsp3) is 0.630. The van der Waals surface area contributed by atoms with Crippen LogP contribution in [0, 0.1) is 47.2 Å². The maximum atomic E-state index is 13.4. The van der Waals surface area contributed by atoms with Crippen molar-refractivity contribution in [3.05, 3.63) is 47.0 Å². The van der Waals surface area contributed by atoms with Crippen molar-refractivity contribution in [2.24, 2.45) is 34.5 Å². The van der Waals surface area contributed by atoms with E-state index in [0.717, 1.165) is 43.7 Å². The van der Waals surface area contributed by atoms with Crippen LogP contribution in [0.25, 0.3) is 5.69 Å². The van der Waals surface area contributed by atoms with Crippen molar-refractivity contribution in [2.75, 3.05) is 0 Å². The summed E-state index contributed by atoms with van der Waals surface area (Å²) in [6.45, 7) is 6.99. The predicted octanol–water partition coefficient (Wildman–Crippen LogP) is 5.85. The zero-order valence-electron chi connectivity index (χ0n) is 19.0. The molecular formula is C27H33FN2O. The van der Waals surface area contributed by atoms with Crippen LogP contribution >= 0.6 is 0 Å². The van der Waals surface area contributed by atoms with Gasteiger partial charge >= 0.3 is 0 Å². The highest BCUT2D eigenvalue weighted by atomic mass is 19.1. The van der Waals surface area contributed by atoms with E-state index >= 15 is 0 Å².